The number of anilines is 1. The second-order valence-electron chi connectivity index (χ2n) is 3.58. The summed E-state index contributed by atoms with van der Waals surface area (Å²) in [5, 5.41) is 17.6. The number of carbonyl (C=O) groups is 1. The number of rotatable bonds is 6. The Balaban J connectivity index is 2.33. The molecule has 18 heavy (non-hydrogen) atoms. The third-order valence-electron chi connectivity index (χ3n) is 2.08. The van der Waals surface area contributed by atoms with Gasteiger partial charge in [0.15, 0.2) is 5.69 Å². The fraction of sp³-hybridized carbons (Fsp3) is 0.500. The fourth-order valence-electron chi connectivity index (χ4n) is 1.20. The summed E-state index contributed by atoms with van der Waals surface area (Å²) >= 11 is 0. The third kappa shape index (κ3) is 4.98. The Hall–Kier alpha value is -1.86. The van der Waals surface area contributed by atoms with Crippen LogP contribution < -0.4 is 5.32 Å². The molecule has 2 N–H and O–H groups in total. The van der Waals surface area contributed by atoms with E-state index in [1.54, 1.807) is 0 Å². The van der Waals surface area contributed by atoms with Gasteiger partial charge in [0.1, 0.15) is 5.82 Å². The van der Waals surface area contributed by atoms with Gasteiger partial charge in [0, 0.05) is 13.0 Å². The van der Waals surface area contributed by atoms with Gasteiger partial charge in [-0.1, -0.05) is 0 Å². The molecule has 1 aromatic heterocycles. The SMILES string of the molecule is O=C(O)CCCCNc1ccc(C(F)(F)F)nn1. The Bertz CT molecular complexity index is 392. The number of alkyl halides is 3. The van der Waals surface area contributed by atoms with Gasteiger partial charge in [0.05, 0.1) is 0 Å². The lowest BCUT2D eigenvalue weighted by Gasteiger charge is -2.06. The van der Waals surface area contributed by atoms with Crippen LogP contribution in [0.25, 0.3) is 0 Å². The molecule has 5 nitrogen and oxygen atoms in total. The predicted octanol–water partition coefficient (Wildman–Crippen LogP) is 2.16. The summed E-state index contributed by atoms with van der Waals surface area (Å²) in [6.45, 7) is 0.438. The number of halogens is 3. The van der Waals surface area contributed by atoms with Gasteiger partial charge in [-0.25, -0.2) is 0 Å². The molecule has 0 atom stereocenters. The van der Waals surface area contributed by atoms with Crippen molar-refractivity contribution in [3.05, 3.63) is 17.8 Å². The summed E-state index contributed by atoms with van der Waals surface area (Å²) in [6.07, 6.45) is -3.33. The molecule has 0 bridgehead atoms. The molecule has 0 amide bonds. The number of carboxylic acid groups (broad SMARTS) is 1. The Kier molecular flexibility index (Phi) is 4.87. The van der Waals surface area contributed by atoms with Crippen molar-refractivity contribution < 1.29 is 23.1 Å². The maximum atomic E-state index is 12.2. The van der Waals surface area contributed by atoms with E-state index in [1.165, 1.54) is 6.07 Å². The molecular formula is C10H12F3N3O2. The average molecular weight is 263 g/mol. The molecule has 0 spiro atoms. The maximum absolute atomic E-state index is 12.2. The summed E-state index contributed by atoms with van der Waals surface area (Å²) in [5.41, 5.74) is -1.04. The average Bonchev–Trinajstić information content (AvgIpc) is 2.27. The summed E-state index contributed by atoms with van der Waals surface area (Å²) < 4.78 is 36.5. The van der Waals surface area contributed by atoms with Crippen LogP contribution in [0.2, 0.25) is 0 Å². The minimum absolute atomic E-state index is 0.0698. The molecule has 1 rings (SSSR count). The van der Waals surface area contributed by atoms with Gasteiger partial charge in [0.25, 0.3) is 0 Å². The molecule has 0 aliphatic heterocycles. The number of aliphatic carboxylic acids is 1. The van der Waals surface area contributed by atoms with E-state index in [0.29, 0.717) is 19.4 Å². The van der Waals surface area contributed by atoms with Crippen molar-refractivity contribution in [3.8, 4) is 0 Å². The number of unbranched alkanes of at least 4 members (excludes halogenated alkanes) is 1. The monoisotopic (exact) mass is 263 g/mol. The second kappa shape index (κ2) is 6.18. The Morgan fingerprint density at radius 3 is 2.50 bits per heavy atom. The van der Waals surface area contributed by atoms with Crippen LogP contribution >= 0.6 is 0 Å². The highest BCUT2D eigenvalue weighted by atomic mass is 19.4. The second-order valence-corrected chi connectivity index (χ2v) is 3.58. The van der Waals surface area contributed by atoms with Crippen molar-refractivity contribution in [2.75, 3.05) is 11.9 Å². The third-order valence-corrected chi connectivity index (χ3v) is 2.08. The van der Waals surface area contributed by atoms with Crippen LogP contribution in [0, 0.1) is 0 Å². The molecule has 0 saturated carbocycles. The van der Waals surface area contributed by atoms with Crippen molar-refractivity contribution in [2.24, 2.45) is 0 Å². The first-order chi connectivity index (χ1) is 8.39. The topological polar surface area (TPSA) is 75.1 Å². The molecular weight excluding hydrogens is 251 g/mol. The van der Waals surface area contributed by atoms with E-state index >= 15 is 0 Å². The van der Waals surface area contributed by atoms with Gasteiger partial charge in [-0.15, -0.1) is 10.2 Å². The van der Waals surface area contributed by atoms with Crippen LogP contribution in [-0.4, -0.2) is 27.8 Å². The van der Waals surface area contributed by atoms with Crippen LogP contribution in [0.4, 0.5) is 19.0 Å². The molecule has 1 heterocycles. The van der Waals surface area contributed by atoms with Crippen molar-refractivity contribution in [1.82, 2.24) is 10.2 Å². The van der Waals surface area contributed by atoms with E-state index in [-0.39, 0.29) is 12.2 Å². The summed E-state index contributed by atoms with van der Waals surface area (Å²) in [6, 6.07) is 2.03. The molecule has 8 heteroatoms. The van der Waals surface area contributed by atoms with Crippen molar-refractivity contribution in [3.63, 3.8) is 0 Å². The molecule has 0 aliphatic rings. The number of hydrogen-bond acceptors (Lipinski definition) is 4. The molecule has 0 aromatic carbocycles. The smallest absolute Gasteiger partial charge is 0.435 e. The van der Waals surface area contributed by atoms with Crippen molar-refractivity contribution in [2.45, 2.75) is 25.4 Å². The fourth-order valence-corrected chi connectivity index (χ4v) is 1.20. The number of hydrogen-bond donors (Lipinski definition) is 2. The zero-order valence-corrected chi connectivity index (χ0v) is 9.37. The molecule has 0 radical (unpaired) electrons. The van der Waals surface area contributed by atoms with Gasteiger partial charge in [0.2, 0.25) is 0 Å². The molecule has 0 aliphatic carbocycles. The predicted molar refractivity (Wildman–Crippen MR) is 57.0 cm³/mol. The Labute approximate surface area is 101 Å². The van der Waals surface area contributed by atoms with E-state index in [0.717, 1.165) is 6.07 Å². The van der Waals surface area contributed by atoms with Crippen LogP contribution in [0.1, 0.15) is 25.0 Å². The highest BCUT2D eigenvalue weighted by molar-refractivity contribution is 5.66. The first-order valence-electron chi connectivity index (χ1n) is 5.26. The number of nitrogens with one attached hydrogen (secondary N) is 1. The highest BCUT2D eigenvalue weighted by Gasteiger charge is 2.32. The van der Waals surface area contributed by atoms with E-state index in [9.17, 15) is 18.0 Å². The summed E-state index contributed by atoms with van der Waals surface area (Å²) in [4.78, 5) is 10.2. The maximum Gasteiger partial charge on any atom is 0.435 e. The first kappa shape index (κ1) is 14.2. The van der Waals surface area contributed by atoms with Crippen LogP contribution in [0.5, 0.6) is 0 Å². The van der Waals surface area contributed by atoms with E-state index in [4.69, 9.17) is 5.11 Å². The minimum atomic E-state index is -4.49. The first-order valence-corrected chi connectivity index (χ1v) is 5.26. The van der Waals surface area contributed by atoms with E-state index < -0.39 is 17.8 Å². The lowest BCUT2D eigenvalue weighted by molar-refractivity contribution is -0.141. The normalized spacial score (nSPS) is 11.3. The van der Waals surface area contributed by atoms with Gasteiger partial charge < -0.3 is 10.4 Å². The van der Waals surface area contributed by atoms with Gasteiger partial charge >= 0.3 is 12.1 Å². The molecule has 0 saturated heterocycles. The lowest BCUT2D eigenvalue weighted by Crippen LogP contribution is -2.11. The van der Waals surface area contributed by atoms with Crippen LogP contribution in [0.3, 0.4) is 0 Å². The number of carboxylic acids is 1. The molecule has 1 aromatic rings. The van der Waals surface area contributed by atoms with E-state index in [2.05, 4.69) is 15.5 Å². The minimum Gasteiger partial charge on any atom is -0.481 e. The van der Waals surface area contributed by atoms with Gasteiger partial charge in [-0.3, -0.25) is 4.79 Å². The molecule has 0 fully saturated rings. The molecule has 100 valence electrons. The van der Waals surface area contributed by atoms with Crippen LogP contribution in [0.15, 0.2) is 12.1 Å². The number of aromatic nitrogens is 2. The highest BCUT2D eigenvalue weighted by Crippen LogP contribution is 2.26. The zero-order chi connectivity index (χ0) is 13.6. The largest absolute Gasteiger partial charge is 0.481 e. The zero-order valence-electron chi connectivity index (χ0n) is 9.37. The van der Waals surface area contributed by atoms with Gasteiger partial charge in [-0.2, -0.15) is 13.2 Å². The standard InChI is InChI=1S/C10H12F3N3O2/c11-10(12,13)7-4-5-8(16-15-7)14-6-2-1-3-9(17)18/h4-5H,1-3,6H2,(H,14,16)(H,17,18). The van der Waals surface area contributed by atoms with E-state index in [1.807, 2.05) is 0 Å². The Morgan fingerprint density at radius 1 is 1.28 bits per heavy atom. The summed E-state index contributed by atoms with van der Waals surface area (Å²) in [5.74, 6) is -0.636. The summed E-state index contributed by atoms with van der Waals surface area (Å²) in [7, 11) is 0. The van der Waals surface area contributed by atoms with Crippen molar-refractivity contribution >= 4 is 11.8 Å². The number of nitrogens with zero attached hydrogens (tertiary/aromatic N) is 2. The van der Waals surface area contributed by atoms with Crippen LogP contribution in [-0.2, 0) is 11.0 Å². The lowest BCUT2D eigenvalue weighted by atomic mass is 10.2. The van der Waals surface area contributed by atoms with Crippen molar-refractivity contribution in [1.29, 1.82) is 0 Å². The van der Waals surface area contributed by atoms with Gasteiger partial charge in [-0.05, 0) is 25.0 Å². The molecule has 0 unspecified atom stereocenters. The Morgan fingerprint density at radius 2 is 2.00 bits per heavy atom. The quantitative estimate of drug-likeness (QED) is 0.769.